The maximum atomic E-state index is 12.3. The van der Waals surface area contributed by atoms with Crippen LogP contribution in [0.25, 0.3) is 5.69 Å². The molecule has 7 nitrogen and oxygen atoms in total. The molecule has 2 aliphatic heterocycles. The van der Waals surface area contributed by atoms with Crippen LogP contribution in [0.4, 0.5) is 10.5 Å². The monoisotopic (exact) mass is 409 g/mol. The number of carbonyl (C=O) groups is 2. The second-order valence-electron chi connectivity index (χ2n) is 6.34. The van der Waals surface area contributed by atoms with E-state index in [-0.39, 0.29) is 6.54 Å². The van der Waals surface area contributed by atoms with Crippen LogP contribution in [0.2, 0.25) is 0 Å². The lowest BCUT2D eigenvalue weighted by Crippen LogP contribution is -2.37. The number of benzene rings is 1. The first-order valence-electron chi connectivity index (χ1n) is 8.44. The van der Waals surface area contributed by atoms with E-state index in [0.29, 0.717) is 19.8 Å². The van der Waals surface area contributed by atoms with Gasteiger partial charge in [0.25, 0.3) is 5.91 Å². The average molecular weight is 410 g/mol. The summed E-state index contributed by atoms with van der Waals surface area (Å²) >= 11 is 11.0. The van der Waals surface area contributed by atoms with Crippen molar-refractivity contribution in [3.63, 3.8) is 0 Å². The van der Waals surface area contributed by atoms with E-state index in [4.69, 9.17) is 32.7 Å². The number of carbonyl (C=O) groups excluding carboxylic acids is 2. The maximum absolute atomic E-state index is 12.3. The topological polar surface area (TPSA) is 72.8 Å². The van der Waals surface area contributed by atoms with Crippen LogP contribution in [0.15, 0.2) is 36.5 Å². The first-order valence-corrected chi connectivity index (χ1v) is 9.31. The van der Waals surface area contributed by atoms with Crippen LogP contribution < -0.4 is 10.2 Å². The van der Waals surface area contributed by atoms with Crippen LogP contribution in [-0.2, 0) is 27.5 Å². The summed E-state index contributed by atoms with van der Waals surface area (Å²) < 4.78 is 13.1. The fraction of sp³-hybridized carbons (Fsp3) is 0.333. The van der Waals surface area contributed by atoms with Crippen molar-refractivity contribution in [2.75, 3.05) is 18.0 Å². The summed E-state index contributed by atoms with van der Waals surface area (Å²) in [6, 6.07) is 9.74. The van der Waals surface area contributed by atoms with Crippen molar-refractivity contribution in [1.82, 2.24) is 9.88 Å². The van der Waals surface area contributed by atoms with Crippen molar-refractivity contribution in [3.05, 3.63) is 47.8 Å². The molecule has 1 aromatic heterocycles. The van der Waals surface area contributed by atoms with Crippen LogP contribution in [0, 0.1) is 0 Å². The molecular formula is C18H17Cl2N3O4. The number of anilines is 1. The summed E-state index contributed by atoms with van der Waals surface area (Å²) in [5, 5.41) is 2.56. The number of aromatic nitrogens is 1. The summed E-state index contributed by atoms with van der Waals surface area (Å²) in [7, 11) is 0. The number of hydrogen-bond acceptors (Lipinski definition) is 4. The predicted octanol–water partition coefficient (Wildman–Crippen LogP) is 2.75. The van der Waals surface area contributed by atoms with E-state index in [9.17, 15) is 9.59 Å². The fourth-order valence-electron chi connectivity index (χ4n) is 3.23. The van der Waals surface area contributed by atoms with Gasteiger partial charge in [0.2, 0.25) is 0 Å². The molecule has 27 heavy (non-hydrogen) atoms. The van der Waals surface area contributed by atoms with Crippen LogP contribution in [0.3, 0.4) is 0 Å². The van der Waals surface area contributed by atoms with Gasteiger partial charge in [0.1, 0.15) is 6.10 Å². The minimum absolute atomic E-state index is 0.150. The quantitative estimate of drug-likeness (QED) is 0.787. The number of hydrogen-bond donors (Lipinski definition) is 1. The SMILES string of the molecule is O=C(NC[C@H]1CN(c2ccc3c(c2)-n2cccc2COC3)C(=O)O1)C(Cl)Cl. The van der Waals surface area contributed by atoms with Gasteiger partial charge in [-0.25, -0.2) is 4.79 Å². The molecule has 0 saturated carbocycles. The molecule has 2 amide bonds. The Balaban J connectivity index is 1.53. The van der Waals surface area contributed by atoms with Gasteiger partial charge in [-0.1, -0.05) is 29.3 Å². The highest BCUT2D eigenvalue weighted by Gasteiger charge is 2.33. The highest BCUT2D eigenvalue weighted by atomic mass is 35.5. The van der Waals surface area contributed by atoms with Crippen molar-refractivity contribution in [1.29, 1.82) is 0 Å². The molecule has 2 aromatic rings. The molecule has 2 aliphatic rings. The zero-order valence-corrected chi connectivity index (χ0v) is 15.7. The van der Waals surface area contributed by atoms with E-state index in [0.717, 1.165) is 22.6 Å². The Hall–Kier alpha value is -2.22. The van der Waals surface area contributed by atoms with Crippen LogP contribution >= 0.6 is 23.2 Å². The third-order valence-electron chi connectivity index (χ3n) is 4.56. The Labute approximate surface area is 165 Å². The molecular weight excluding hydrogens is 393 g/mol. The number of alkyl halides is 2. The van der Waals surface area contributed by atoms with Crippen molar-refractivity contribution < 1.29 is 19.1 Å². The minimum Gasteiger partial charge on any atom is -0.442 e. The summed E-state index contributed by atoms with van der Waals surface area (Å²) in [6.45, 7) is 1.51. The lowest BCUT2D eigenvalue weighted by atomic mass is 10.1. The molecule has 4 rings (SSSR count). The van der Waals surface area contributed by atoms with Gasteiger partial charge in [-0.3, -0.25) is 9.69 Å². The molecule has 1 atom stereocenters. The van der Waals surface area contributed by atoms with Crippen molar-refractivity contribution in [2.45, 2.75) is 24.2 Å². The van der Waals surface area contributed by atoms with Gasteiger partial charge in [0, 0.05) is 23.1 Å². The molecule has 142 valence electrons. The maximum Gasteiger partial charge on any atom is 0.414 e. The van der Waals surface area contributed by atoms with E-state index in [1.54, 1.807) is 4.90 Å². The Morgan fingerprint density at radius 1 is 1.30 bits per heavy atom. The van der Waals surface area contributed by atoms with Gasteiger partial charge in [0.05, 0.1) is 32.0 Å². The second kappa shape index (κ2) is 7.42. The smallest absolute Gasteiger partial charge is 0.414 e. The number of amides is 2. The predicted molar refractivity (Wildman–Crippen MR) is 100 cm³/mol. The summed E-state index contributed by atoms with van der Waals surface area (Å²) in [6.07, 6.45) is 1.04. The lowest BCUT2D eigenvalue weighted by molar-refractivity contribution is -0.119. The minimum atomic E-state index is -1.15. The van der Waals surface area contributed by atoms with Crippen molar-refractivity contribution in [2.24, 2.45) is 0 Å². The van der Waals surface area contributed by atoms with Gasteiger partial charge in [-0.05, 0) is 24.3 Å². The van der Waals surface area contributed by atoms with Gasteiger partial charge in [-0.15, -0.1) is 0 Å². The molecule has 0 radical (unpaired) electrons. The Morgan fingerprint density at radius 3 is 2.96 bits per heavy atom. The molecule has 1 N–H and O–H groups in total. The normalized spacial score (nSPS) is 18.7. The van der Waals surface area contributed by atoms with Crippen molar-refractivity contribution >= 4 is 40.9 Å². The highest BCUT2D eigenvalue weighted by Crippen LogP contribution is 2.29. The molecule has 1 fully saturated rings. The third-order valence-corrected chi connectivity index (χ3v) is 4.95. The molecule has 0 unspecified atom stereocenters. The van der Waals surface area contributed by atoms with E-state index in [1.165, 1.54) is 0 Å². The van der Waals surface area contributed by atoms with E-state index in [1.807, 2.05) is 36.5 Å². The highest BCUT2D eigenvalue weighted by molar-refractivity contribution is 6.53. The van der Waals surface area contributed by atoms with Crippen LogP contribution in [0.1, 0.15) is 11.3 Å². The van der Waals surface area contributed by atoms with Gasteiger partial charge in [0.15, 0.2) is 4.84 Å². The average Bonchev–Trinajstić information content (AvgIpc) is 3.22. The van der Waals surface area contributed by atoms with Crippen LogP contribution in [-0.4, -0.2) is 40.6 Å². The lowest BCUT2D eigenvalue weighted by Gasteiger charge is -2.17. The Kier molecular flexibility index (Phi) is 4.99. The molecule has 9 heteroatoms. The second-order valence-corrected chi connectivity index (χ2v) is 7.43. The first-order chi connectivity index (χ1) is 13.0. The standard InChI is InChI=1S/C18H17Cl2N3O4/c19-16(20)17(24)21-7-14-8-23(18(25)27-14)12-4-3-11-9-26-10-13-2-1-5-22(13)15(11)6-12/h1-6,14,16H,7-10H2,(H,21,24)/t14-/m0/s1. The van der Waals surface area contributed by atoms with Crippen molar-refractivity contribution in [3.8, 4) is 5.69 Å². The number of cyclic esters (lactones) is 1. The fourth-order valence-corrected chi connectivity index (χ4v) is 3.39. The van der Waals surface area contributed by atoms with E-state index < -0.39 is 22.9 Å². The number of rotatable bonds is 4. The third kappa shape index (κ3) is 3.63. The molecule has 0 bridgehead atoms. The number of ether oxygens (including phenoxy) is 2. The van der Waals surface area contributed by atoms with E-state index in [2.05, 4.69) is 9.88 Å². The first kappa shape index (κ1) is 18.2. The zero-order valence-electron chi connectivity index (χ0n) is 14.2. The number of nitrogens with zero attached hydrogens (tertiary/aromatic N) is 2. The number of fused-ring (bicyclic) bond motifs is 3. The van der Waals surface area contributed by atoms with Gasteiger partial charge in [-0.2, -0.15) is 0 Å². The zero-order chi connectivity index (χ0) is 19.0. The number of nitrogens with one attached hydrogen (secondary N) is 1. The molecule has 0 aliphatic carbocycles. The van der Waals surface area contributed by atoms with Crippen LogP contribution in [0.5, 0.6) is 0 Å². The molecule has 1 aromatic carbocycles. The summed E-state index contributed by atoms with van der Waals surface area (Å²) in [4.78, 5) is 24.2. The Morgan fingerprint density at radius 2 is 2.15 bits per heavy atom. The largest absolute Gasteiger partial charge is 0.442 e. The number of halogens is 2. The molecule has 3 heterocycles. The van der Waals surface area contributed by atoms with Gasteiger partial charge < -0.3 is 19.4 Å². The summed E-state index contributed by atoms with van der Waals surface area (Å²) in [5.74, 6) is -0.516. The molecule has 1 saturated heterocycles. The van der Waals surface area contributed by atoms with E-state index >= 15 is 0 Å². The Bertz CT molecular complexity index is 883. The summed E-state index contributed by atoms with van der Waals surface area (Å²) in [5.41, 5.74) is 3.79. The molecule has 0 spiro atoms. The van der Waals surface area contributed by atoms with Gasteiger partial charge >= 0.3 is 6.09 Å².